The standard InChI is InChI=1S/C25H27N11O3/c1-16(35-15-29-17(2)31-35)23-22(19(12-26)39-3)18(13-28-23)24(37)25(38)34-10-8-33(9-11-34)21-14-30-32-36(21)20-6-4-5-7-27-20/h4-7,12-15,26,28H,8-11H2,1-3H3/b22-19+,23-16-,26-12?. The van der Waals surface area contributed by atoms with Crippen LogP contribution in [-0.4, -0.2) is 95.8 Å². The molecular formula is C25H27N11O3. The van der Waals surface area contributed by atoms with Gasteiger partial charge in [0.1, 0.15) is 17.9 Å². The molecule has 14 heteroatoms. The minimum atomic E-state index is -0.694. The lowest BCUT2D eigenvalue weighted by molar-refractivity contribution is -0.126. The first-order chi connectivity index (χ1) is 18.9. The Hall–Kier alpha value is -5.14. The monoisotopic (exact) mass is 529 g/mol. The Morgan fingerprint density at radius 2 is 1.95 bits per heavy atom. The lowest BCUT2D eigenvalue weighted by atomic mass is 10.1. The maximum Gasteiger partial charge on any atom is 0.295 e. The molecule has 0 aliphatic carbocycles. The largest absolute Gasteiger partial charge is 0.494 e. The highest BCUT2D eigenvalue weighted by molar-refractivity contribution is 6.42. The zero-order valence-corrected chi connectivity index (χ0v) is 21.7. The van der Waals surface area contributed by atoms with Gasteiger partial charge in [-0.25, -0.2) is 14.6 Å². The topological polar surface area (TPSA) is 164 Å². The van der Waals surface area contributed by atoms with Gasteiger partial charge in [-0.3, -0.25) is 9.59 Å². The Morgan fingerprint density at radius 3 is 2.59 bits per heavy atom. The molecule has 4 aromatic rings. The number of hydrogen-bond acceptors (Lipinski definition) is 10. The van der Waals surface area contributed by atoms with Crippen molar-refractivity contribution in [1.29, 1.82) is 5.41 Å². The van der Waals surface area contributed by atoms with Crippen LogP contribution in [0.15, 0.2) is 43.1 Å². The first-order valence-corrected chi connectivity index (χ1v) is 12.2. The molecule has 1 aliphatic heterocycles. The highest BCUT2D eigenvalue weighted by atomic mass is 16.5. The molecule has 0 bridgehead atoms. The number of pyridine rings is 1. The molecule has 1 fully saturated rings. The van der Waals surface area contributed by atoms with Crippen molar-refractivity contribution in [2.45, 2.75) is 13.8 Å². The fourth-order valence-corrected chi connectivity index (χ4v) is 4.48. The normalized spacial score (nSPS) is 15.2. The van der Waals surface area contributed by atoms with E-state index in [4.69, 9.17) is 10.1 Å². The summed E-state index contributed by atoms with van der Waals surface area (Å²) in [5.74, 6) is 0.782. The van der Waals surface area contributed by atoms with E-state index in [-0.39, 0.29) is 11.3 Å². The number of H-pyrrole nitrogens is 1. The number of Topliss-reactive ketones (excluding diaryl/α,β-unsaturated/α-hetero) is 1. The molecule has 4 aromatic heterocycles. The van der Waals surface area contributed by atoms with Crippen molar-refractivity contribution in [3.63, 3.8) is 0 Å². The summed E-state index contributed by atoms with van der Waals surface area (Å²) in [5, 5.41) is 21.1. The quantitative estimate of drug-likeness (QED) is 0.182. The fourth-order valence-electron chi connectivity index (χ4n) is 4.48. The van der Waals surface area contributed by atoms with Gasteiger partial charge in [-0.05, 0) is 26.0 Å². The van der Waals surface area contributed by atoms with E-state index in [0.717, 1.165) is 12.0 Å². The lowest BCUT2D eigenvalue weighted by Gasteiger charge is -2.35. The number of anilines is 1. The third kappa shape index (κ3) is 4.79. The minimum absolute atomic E-state index is 0.117. The molecule has 5 heterocycles. The van der Waals surface area contributed by atoms with Gasteiger partial charge in [-0.1, -0.05) is 11.3 Å². The van der Waals surface area contributed by atoms with E-state index in [1.54, 1.807) is 41.9 Å². The molecule has 1 saturated heterocycles. The number of nitrogens with zero attached hydrogens (tertiary/aromatic N) is 9. The van der Waals surface area contributed by atoms with Gasteiger partial charge in [0.2, 0.25) is 0 Å². The van der Waals surface area contributed by atoms with Crippen LogP contribution in [0.1, 0.15) is 23.1 Å². The second-order valence-electron chi connectivity index (χ2n) is 8.79. The zero-order valence-electron chi connectivity index (χ0n) is 21.7. The summed E-state index contributed by atoms with van der Waals surface area (Å²) in [6, 6.07) is 5.53. The Balaban J connectivity index is 1.40. The lowest BCUT2D eigenvalue weighted by Crippen LogP contribution is -2.51. The number of rotatable bonds is 7. The van der Waals surface area contributed by atoms with Gasteiger partial charge >= 0.3 is 0 Å². The summed E-state index contributed by atoms with van der Waals surface area (Å²) in [6.07, 6.45) is 7.35. The van der Waals surface area contributed by atoms with E-state index in [2.05, 4.69) is 30.4 Å². The van der Waals surface area contributed by atoms with Crippen molar-refractivity contribution in [2.75, 3.05) is 38.2 Å². The van der Waals surface area contributed by atoms with Crippen LogP contribution in [0.25, 0.3) is 17.3 Å². The number of aryl methyl sites for hydroxylation is 1. The Morgan fingerprint density at radius 1 is 1.15 bits per heavy atom. The predicted molar refractivity (Wildman–Crippen MR) is 141 cm³/mol. The average molecular weight is 530 g/mol. The predicted octanol–water partition coefficient (Wildman–Crippen LogP) is -0.498. The van der Waals surface area contributed by atoms with E-state index < -0.39 is 11.7 Å². The number of hydrogen-bond donors (Lipinski definition) is 2. The molecule has 0 radical (unpaired) electrons. The molecule has 0 spiro atoms. The molecule has 1 aliphatic rings. The number of methoxy groups -OCH3 is 1. The summed E-state index contributed by atoms with van der Waals surface area (Å²) in [4.78, 5) is 41.9. The van der Waals surface area contributed by atoms with Crippen LogP contribution in [-0.2, 0) is 9.53 Å². The SMILES string of the molecule is CO/C(C=N)=c1\c(C(=O)C(=O)N2CCN(c3cnnn3-c3ccccn3)CC2)c[nH]\c1=C(\C)n1cnc(C)n1. The third-order valence-corrected chi connectivity index (χ3v) is 6.52. The van der Waals surface area contributed by atoms with Crippen LogP contribution in [0.3, 0.4) is 0 Å². The molecule has 0 aromatic carbocycles. The van der Waals surface area contributed by atoms with Crippen molar-refractivity contribution in [3.05, 3.63) is 65.1 Å². The number of aromatic nitrogens is 8. The van der Waals surface area contributed by atoms with Crippen molar-refractivity contribution in [2.24, 2.45) is 0 Å². The van der Waals surface area contributed by atoms with Crippen LogP contribution in [0.2, 0.25) is 0 Å². The van der Waals surface area contributed by atoms with E-state index in [1.807, 2.05) is 23.1 Å². The van der Waals surface area contributed by atoms with Crippen LogP contribution in [0.5, 0.6) is 0 Å². The highest BCUT2D eigenvalue weighted by Gasteiger charge is 2.30. The van der Waals surface area contributed by atoms with Gasteiger partial charge in [0.25, 0.3) is 11.7 Å². The van der Waals surface area contributed by atoms with Gasteiger partial charge < -0.3 is 24.9 Å². The number of aromatic amines is 1. The molecule has 0 atom stereocenters. The van der Waals surface area contributed by atoms with E-state index >= 15 is 0 Å². The summed E-state index contributed by atoms with van der Waals surface area (Å²) >= 11 is 0. The Kier molecular flexibility index (Phi) is 6.99. The molecule has 14 nitrogen and oxygen atoms in total. The van der Waals surface area contributed by atoms with Crippen LogP contribution >= 0.6 is 0 Å². The van der Waals surface area contributed by atoms with Crippen molar-refractivity contribution >= 4 is 35.2 Å². The van der Waals surface area contributed by atoms with E-state index in [9.17, 15) is 9.59 Å². The third-order valence-electron chi connectivity index (χ3n) is 6.52. The van der Waals surface area contributed by atoms with Crippen molar-refractivity contribution in [3.8, 4) is 5.82 Å². The zero-order chi connectivity index (χ0) is 27.5. The van der Waals surface area contributed by atoms with Gasteiger partial charge in [0.15, 0.2) is 11.6 Å². The smallest absolute Gasteiger partial charge is 0.295 e. The highest BCUT2D eigenvalue weighted by Crippen LogP contribution is 2.18. The number of ether oxygens (including phenoxy) is 1. The number of piperazine rings is 1. The maximum absolute atomic E-state index is 13.5. The Labute approximate surface area is 222 Å². The second kappa shape index (κ2) is 10.7. The fraction of sp³-hybridized carbons (Fsp3) is 0.280. The summed E-state index contributed by atoms with van der Waals surface area (Å²) < 4.78 is 8.59. The van der Waals surface area contributed by atoms with Crippen molar-refractivity contribution in [1.82, 2.24) is 44.6 Å². The number of carbonyl (C=O) groups excluding carboxylic acids is 2. The summed E-state index contributed by atoms with van der Waals surface area (Å²) in [6.45, 7) is 5.19. The van der Waals surface area contributed by atoms with Crippen LogP contribution in [0.4, 0.5) is 5.82 Å². The first-order valence-electron chi connectivity index (χ1n) is 12.2. The molecule has 5 rings (SSSR count). The first kappa shape index (κ1) is 25.5. The maximum atomic E-state index is 13.5. The van der Waals surface area contributed by atoms with Crippen LogP contribution < -0.4 is 15.5 Å². The molecule has 200 valence electrons. The summed E-state index contributed by atoms with van der Waals surface area (Å²) in [5.41, 5.74) is 0.742. The number of nitrogens with one attached hydrogen (secondary N) is 2. The van der Waals surface area contributed by atoms with E-state index in [1.165, 1.54) is 18.2 Å². The number of ketones is 1. The molecule has 2 N–H and O–H groups in total. The van der Waals surface area contributed by atoms with Gasteiger partial charge in [-0.15, -0.1) is 5.10 Å². The summed E-state index contributed by atoms with van der Waals surface area (Å²) in [7, 11) is 1.41. The number of amides is 1. The second-order valence-corrected chi connectivity index (χ2v) is 8.79. The van der Waals surface area contributed by atoms with Gasteiger partial charge in [0.05, 0.1) is 41.3 Å². The van der Waals surface area contributed by atoms with Crippen molar-refractivity contribution < 1.29 is 14.3 Å². The molecule has 0 unspecified atom stereocenters. The van der Waals surface area contributed by atoms with Gasteiger partial charge in [-0.2, -0.15) is 9.78 Å². The number of carbonyl (C=O) groups is 2. The van der Waals surface area contributed by atoms with Crippen LogP contribution in [0, 0.1) is 12.3 Å². The molecule has 39 heavy (non-hydrogen) atoms. The molecular weight excluding hydrogens is 502 g/mol. The molecule has 1 amide bonds. The average Bonchev–Trinajstić information content (AvgIpc) is 3.73. The Bertz CT molecular complexity index is 1640. The van der Waals surface area contributed by atoms with Gasteiger partial charge in [0, 0.05) is 38.6 Å². The van der Waals surface area contributed by atoms with E-state index in [0.29, 0.717) is 54.1 Å². The molecule has 0 saturated carbocycles. The minimum Gasteiger partial charge on any atom is -0.494 e.